The average molecular weight is 375 g/mol. The molecule has 3 aromatic rings. The van der Waals surface area contributed by atoms with E-state index in [9.17, 15) is 0 Å². The zero-order valence-electron chi connectivity index (χ0n) is 8.83. The van der Waals surface area contributed by atoms with Crippen LogP contribution in [0.5, 0.6) is 0 Å². The highest BCUT2D eigenvalue weighted by atomic mass is 35.5. The molecule has 0 saturated carbocycles. The lowest BCUT2D eigenvalue weighted by Crippen LogP contribution is -1.75. The van der Waals surface area contributed by atoms with Crippen molar-refractivity contribution in [2.45, 2.75) is 0 Å². The van der Waals surface area contributed by atoms with Crippen molar-refractivity contribution in [3.63, 3.8) is 0 Å². The molecule has 98 valence electrons. The van der Waals surface area contributed by atoms with E-state index >= 15 is 0 Å². The molecule has 1 heterocycles. The largest absolute Gasteiger partial charge is 0.453 e. The van der Waals surface area contributed by atoms with Gasteiger partial charge in [-0.3, -0.25) is 0 Å². The highest BCUT2D eigenvalue weighted by Gasteiger charge is 2.20. The maximum Gasteiger partial charge on any atom is 0.157 e. The highest BCUT2D eigenvalue weighted by molar-refractivity contribution is 6.52. The first-order valence-electron chi connectivity index (χ1n) is 4.95. The van der Waals surface area contributed by atoms with Gasteiger partial charge in [-0.05, 0) is 12.1 Å². The second-order valence-corrected chi connectivity index (χ2v) is 6.18. The standard InChI is InChI=1S/C12H2Cl6O/c13-4-2-6(15)9(17)12-7(4)3-1-5(14)8(16)10(18)11(3)19-12/h1-2H. The maximum absolute atomic E-state index is 6.18. The first kappa shape index (κ1) is 13.9. The second kappa shape index (κ2) is 4.77. The average Bonchev–Trinajstić information content (AvgIpc) is 2.73. The zero-order valence-corrected chi connectivity index (χ0v) is 13.4. The minimum atomic E-state index is 0.212. The Morgan fingerprint density at radius 2 is 1.26 bits per heavy atom. The van der Waals surface area contributed by atoms with E-state index in [1.54, 1.807) is 12.1 Å². The molecule has 1 aromatic heterocycles. The van der Waals surface area contributed by atoms with E-state index < -0.39 is 0 Å². The monoisotopic (exact) mass is 372 g/mol. The Morgan fingerprint density at radius 3 is 1.95 bits per heavy atom. The normalized spacial score (nSPS) is 11.7. The molecule has 19 heavy (non-hydrogen) atoms. The summed E-state index contributed by atoms with van der Waals surface area (Å²) in [6.45, 7) is 0. The van der Waals surface area contributed by atoms with Crippen LogP contribution in [0.1, 0.15) is 0 Å². The van der Waals surface area contributed by atoms with Gasteiger partial charge in [0.05, 0.1) is 20.1 Å². The van der Waals surface area contributed by atoms with Gasteiger partial charge in [0.1, 0.15) is 10.0 Å². The van der Waals surface area contributed by atoms with Crippen molar-refractivity contribution >= 4 is 91.5 Å². The summed E-state index contributed by atoms with van der Waals surface area (Å²) < 4.78 is 5.64. The number of halogens is 6. The van der Waals surface area contributed by atoms with Gasteiger partial charge in [0.15, 0.2) is 11.2 Å². The summed E-state index contributed by atoms with van der Waals surface area (Å²) in [5.74, 6) is 0. The van der Waals surface area contributed by atoms with Crippen molar-refractivity contribution in [2.24, 2.45) is 0 Å². The molecule has 0 atom stereocenters. The van der Waals surface area contributed by atoms with E-state index in [0.29, 0.717) is 37.0 Å². The van der Waals surface area contributed by atoms with E-state index in [4.69, 9.17) is 74.0 Å². The SMILES string of the molecule is Clc1cc2c(oc3c(Cl)c(Cl)cc(Cl)c32)c(Cl)c1Cl. The Morgan fingerprint density at radius 1 is 0.632 bits per heavy atom. The quantitative estimate of drug-likeness (QED) is 0.293. The number of hydrogen-bond acceptors (Lipinski definition) is 1. The molecule has 0 N–H and O–H groups in total. The van der Waals surface area contributed by atoms with E-state index in [-0.39, 0.29) is 15.1 Å². The lowest BCUT2D eigenvalue weighted by Gasteiger charge is -2.00. The molecule has 7 heteroatoms. The summed E-state index contributed by atoms with van der Waals surface area (Å²) in [6.07, 6.45) is 0. The van der Waals surface area contributed by atoms with E-state index in [2.05, 4.69) is 0 Å². The summed E-state index contributed by atoms with van der Waals surface area (Å²) in [5, 5.41) is 2.94. The van der Waals surface area contributed by atoms with Gasteiger partial charge in [-0.25, -0.2) is 0 Å². The molecule has 0 unspecified atom stereocenters. The van der Waals surface area contributed by atoms with Crippen molar-refractivity contribution in [1.29, 1.82) is 0 Å². The van der Waals surface area contributed by atoms with Crippen LogP contribution in [-0.4, -0.2) is 0 Å². The van der Waals surface area contributed by atoms with Gasteiger partial charge < -0.3 is 4.42 Å². The third kappa shape index (κ3) is 1.99. The van der Waals surface area contributed by atoms with E-state index in [0.717, 1.165) is 0 Å². The van der Waals surface area contributed by atoms with Gasteiger partial charge in [0, 0.05) is 10.8 Å². The van der Waals surface area contributed by atoms with Gasteiger partial charge in [0.2, 0.25) is 0 Å². The van der Waals surface area contributed by atoms with E-state index in [1.807, 2.05) is 0 Å². The molecule has 0 spiro atoms. The zero-order chi connectivity index (χ0) is 13.9. The molecule has 2 aromatic carbocycles. The van der Waals surface area contributed by atoms with Crippen molar-refractivity contribution in [3.05, 3.63) is 42.3 Å². The number of benzene rings is 2. The van der Waals surface area contributed by atoms with Gasteiger partial charge in [-0.2, -0.15) is 0 Å². The van der Waals surface area contributed by atoms with Crippen molar-refractivity contribution < 1.29 is 4.42 Å². The molecule has 0 aliphatic carbocycles. The van der Waals surface area contributed by atoms with Crippen LogP contribution in [0.4, 0.5) is 0 Å². The number of rotatable bonds is 0. The molecule has 3 rings (SSSR count). The van der Waals surface area contributed by atoms with Crippen LogP contribution in [0, 0.1) is 0 Å². The van der Waals surface area contributed by atoms with Gasteiger partial charge >= 0.3 is 0 Å². The molecular formula is C12H2Cl6O. The molecule has 0 fully saturated rings. The number of furan rings is 1. The summed E-state index contributed by atoms with van der Waals surface area (Å²) in [5.41, 5.74) is 0.728. The maximum atomic E-state index is 6.18. The molecular weight excluding hydrogens is 373 g/mol. The first-order valence-corrected chi connectivity index (χ1v) is 7.21. The summed E-state index contributed by atoms with van der Waals surface area (Å²) >= 11 is 36.4. The molecule has 0 amide bonds. The Balaban J connectivity index is 2.64. The Bertz CT molecular complexity index is 836. The molecule has 0 radical (unpaired) electrons. The van der Waals surface area contributed by atoms with Crippen LogP contribution >= 0.6 is 69.6 Å². The summed E-state index contributed by atoms with van der Waals surface area (Å²) in [6, 6.07) is 3.17. The molecule has 0 aliphatic heterocycles. The van der Waals surface area contributed by atoms with Crippen LogP contribution in [0.15, 0.2) is 16.5 Å². The number of hydrogen-bond donors (Lipinski definition) is 0. The Labute approximate surface area is 137 Å². The van der Waals surface area contributed by atoms with Crippen molar-refractivity contribution in [1.82, 2.24) is 0 Å². The Kier molecular flexibility index (Phi) is 3.50. The number of fused-ring (bicyclic) bond motifs is 3. The fourth-order valence-corrected chi connectivity index (χ4v) is 3.26. The minimum absolute atomic E-state index is 0.212. The van der Waals surface area contributed by atoms with Crippen LogP contribution in [0.3, 0.4) is 0 Å². The molecule has 0 bridgehead atoms. The smallest absolute Gasteiger partial charge is 0.157 e. The summed E-state index contributed by atoms with van der Waals surface area (Å²) in [4.78, 5) is 0. The van der Waals surface area contributed by atoms with E-state index in [1.165, 1.54) is 0 Å². The van der Waals surface area contributed by atoms with Crippen LogP contribution in [0.2, 0.25) is 30.1 Å². The lowest BCUT2D eigenvalue weighted by atomic mass is 10.1. The Hall–Kier alpha value is -0.0200. The molecule has 1 nitrogen and oxygen atoms in total. The van der Waals surface area contributed by atoms with Crippen LogP contribution < -0.4 is 0 Å². The van der Waals surface area contributed by atoms with Crippen LogP contribution in [0.25, 0.3) is 21.9 Å². The second-order valence-electron chi connectivity index (χ2n) is 3.82. The molecule has 0 aliphatic rings. The van der Waals surface area contributed by atoms with Gasteiger partial charge in [0.25, 0.3) is 0 Å². The van der Waals surface area contributed by atoms with Gasteiger partial charge in [-0.15, -0.1) is 0 Å². The predicted molar refractivity (Wildman–Crippen MR) is 83.8 cm³/mol. The highest BCUT2D eigenvalue weighted by Crippen LogP contribution is 2.46. The van der Waals surface area contributed by atoms with Crippen LogP contribution in [-0.2, 0) is 0 Å². The molecule has 0 saturated heterocycles. The fraction of sp³-hybridized carbons (Fsp3) is 0. The minimum Gasteiger partial charge on any atom is -0.453 e. The fourth-order valence-electron chi connectivity index (χ4n) is 1.89. The van der Waals surface area contributed by atoms with Crippen molar-refractivity contribution in [2.75, 3.05) is 0 Å². The third-order valence-corrected chi connectivity index (χ3v) is 5.03. The first-order chi connectivity index (χ1) is 8.91. The lowest BCUT2D eigenvalue weighted by molar-refractivity contribution is 0.669. The van der Waals surface area contributed by atoms with Crippen molar-refractivity contribution in [3.8, 4) is 0 Å². The van der Waals surface area contributed by atoms with Gasteiger partial charge in [-0.1, -0.05) is 69.6 Å². The third-order valence-electron chi connectivity index (χ3n) is 2.72. The summed E-state index contributed by atoms with van der Waals surface area (Å²) in [7, 11) is 0. The topological polar surface area (TPSA) is 13.1 Å². The predicted octanol–water partition coefficient (Wildman–Crippen LogP) is 7.51.